The van der Waals surface area contributed by atoms with E-state index in [0.29, 0.717) is 0 Å². The minimum Gasteiger partial charge on any atom is -0.495 e. The molecule has 20 heavy (non-hydrogen) atoms. The van der Waals surface area contributed by atoms with Crippen LogP contribution in [0.3, 0.4) is 0 Å². The number of benzene rings is 1. The maximum absolute atomic E-state index is 5.37. The van der Waals surface area contributed by atoms with Crippen molar-refractivity contribution in [2.24, 2.45) is 0 Å². The van der Waals surface area contributed by atoms with Crippen LogP contribution in [0.1, 0.15) is 5.69 Å². The SMILES string of the molecule is COc1ccccc1N(C)CCNCc1ccccn1. The molecule has 0 atom stereocenters. The summed E-state index contributed by atoms with van der Waals surface area (Å²) in [5.41, 5.74) is 2.17. The van der Waals surface area contributed by atoms with Gasteiger partial charge in [0.25, 0.3) is 0 Å². The molecule has 4 heteroatoms. The van der Waals surface area contributed by atoms with Gasteiger partial charge < -0.3 is 15.0 Å². The highest BCUT2D eigenvalue weighted by Crippen LogP contribution is 2.25. The number of nitrogens with zero attached hydrogens (tertiary/aromatic N) is 2. The molecular formula is C16H21N3O. The monoisotopic (exact) mass is 271 g/mol. The van der Waals surface area contributed by atoms with Crippen molar-refractivity contribution in [2.45, 2.75) is 6.54 Å². The second kappa shape index (κ2) is 7.50. The third-order valence-corrected chi connectivity index (χ3v) is 3.15. The lowest BCUT2D eigenvalue weighted by atomic mass is 10.2. The first-order valence-corrected chi connectivity index (χ1v) is 6.76. The lowest BCUT2D eigenvalue weighted by Gasteiger charge is -2.21. The number of rotatable bonds is 7. The van der Waals surface area contributed by atoms with E-state index in [0.717, 1.165) is 36.8 Å². The Kier molecular flexibility index (Phi) is 5.38. The average molecular weight is 271 g/mol. The highest BCUT2D eigenvalue weighted by atomic mass is 16.5. The maximum atomic E-state index is 5.37. The third kappa shape index (κ3) is 3.96. The number of ether oxygens (including phenoxy) is 1. The predicted molar refractivity (Wildman–Crippen MR) is 82.2 cm³/mol. The first-order valence-electron chi connectivity index (χ1n) is 6.76. The van der Waals surface area contributed by atoms with Crippen molar-refractivity contribution < 1.29 is 4.74 Å². The van der Waals surface area contributed by atoms with E-state index in [1.165, 1.54) is 0 Å². The average Bonchev–Trinajstić information content (AvgIpc) is 2.52. The van der Waals surface area contributed by atoms with Crippen LogP contribution in [0.2, 0.25) is 0 Å². The number of hydrogen-bond acceptors (Lipinski definition) is 4. The lowest BCUT2D eigenvalue weighted by molar-refractivity contribution is 0.414. The van der Waals surface area contributed by atoms with Crippen LogP contribution in [-0.4, -0.2) is 32.2 Å². The molecule has 0 bridgehead atoms. The Bertz CT molecular complexity index is 516. The molecule has 0 saturated carbocycles. The summed E-state index contributed by atoms with van der Waals surface area (Å²) < 4.78 is 5.37. The molecular weight excluding hydrogens is 250 g/mol. The van der Waals surface area contributed by atoms with Crippen molar-refractivity contribution in [1.29, 1.82) is 0 Å². The molecule has 4 nitrogen and oxygen atoms in total. The molecule has 2 aromatic rings. The zero-order valence-corrected chi connectivity index (χ0v) is 12.0. The first-order chi connectivity index (χ1) is 9.81. The predicted octanol–water partition coefficient (Wildman–Crippen LogP) is 2.32. The lowest BCUT2D eigenvalue weighted by Crippen LogP contribution is -2.29. The van der Waals surface area contributed by atoms with E-state index in [9.17, 15) is 0 Å². The zero-order chi connectivity index (χ0) is 14.2. The number of likely N-dealkylation sites (N-methyl/N-ethyl adjacent to an activating group) is 1. The van der Waals surface area contributed by atoms with Gasteiger partial charge in [-0.1, -0.05) is 18.2 Å². The summed E-state index contributed by atoms with van der Waals surface area (Å²) in [6.45, 7) is 2.60. The molecule has 0 fully saturated rings. The van der Waals surface area contributed by atoms with Crippen LogP contribution in [0.4, 0.5) is 5.69 Å². The molecule has 1 aromatic carbocycles. The summed E-state index contributed by atoms with van der Waals surface area (Å²) in [6, 6.07) is 14.0. The first kappa shape index (κ1) is 14.3. The third-order valence-electron chi connectivity index (χ3n) is 3.15. The molecule has 0 spiro atoms. The van der Waals surface area contributed by atoms with Crippen molar-refractivity contribution >= 4 is 5.69 Å². The fourth-order valence-electron chi connectivity index (χ4n) is 2.03. The molecule has 0 aliphatic heterocycles. The van der Waals surface area contributed by atoms with E-state index < -0.39 is 0 Å². The van der Waals surface area contributed by atoms with Crippen LogP contribution in [0, 0.1) is 0 Å². The smallest absolute Gasteiger partial charge is 0.142 e. The summed E-state index contributed by atoms with van der Waals surface area (Å²) in [7, 11) is 3.77. The van der Waals surface area contributed by atoms with Gasteiger partial charge >= 0.3 is 0 Å². The van der Waals surface area contributed by atoms with E-state index in [-0.39, 0.29) is 0 Å². The van der Waals surface area contributed by atoms with E-state index >= 15 is 0 Å². The van der Waals surface area contributed by atoms with Crippen LogP contribution in [0.25, 0.3) is 0 Å². The minimum absolute atomic E-state index is 0.792. The Morgan fingerprint density at radius 2 is 1.95 bits per heavy atom. The van der Waals surface area contributed by atoms with Crippen LogP contribution in [-0.2, 0) is 6.54 Å². The highest BCUT2D eigenvalue weighted by molar-refractivity contribution is 5.57. The molecule has 0 saturated heterocycles. The quantitative estimate of drug-likeness (QED) is 0.784. The van der Waals surface area contributed by atoms with E-state index in [4.69, 9.17) is 4.74 Å². The maximum Gasteiger partial charge on any atom is 0.142 e. The number of nitrogens with one attached hydrogen (secondary N) is 1. The number of para-hydroxylation sites is 2. The van der Waals surface area contributed by atoms with E-state index in [1.807, 2.05) is 42.6 Å². The van der Waals surface area contributed by atoms with Gasteiger partial charge in [0, 0.05) is 32.9 Å². The molecule has 0 amide bonds. The Morgan fingerprint density at radius 1 is 1.15 bits per heavy atom. The fourth-order valence-corrected chi connectivity index (χ4v) is 2.03. The van der Waals surface area contributed by atoms with Gasteiger partial charge in [-0.25, -0.2) is 0 Å². The van der Waals surface area contributed by atoms with Crippen LogP contribution in [0.5, 0.6) is 5.75 Å². The summed E-state index contributed by atoms with van der Waals surface area (Å²) in [4.78, 5) is 6.47. The Morgan fingerprint density at radius 3 is 2.70 bits per heavy atom. The Hall–Kier alpha value is -2.07. The van der Waals surface area contributed by atoms with E-state index in [2.05, 4.69) is 28.3 Å². The molecule has 106 valence electrons. The normalized spacial score (nSPS) is 10.3. The molecule has 1 aromatic heterocycles. The van der Waals surface area contributed by atoms with Crippen molar-refractivity contribution in [3.8, 4) is 5.75 Å². The van der Waals surface area contributed by atoms with Crippen molar-refractivity contribution in [3.63, 3.8) is 0 Å². The molecule has 1 heterocycles. The van der Waals surface area contributed by atoms with E-state index in [1.54, 1.807) is 7.11 Å². The number of methoxy groups -OCH3 is 1. The number of hydrogen-bond donors (Lipinski definition) is 1. The van der Waals surface area contributed by atoms with Gasteiger partial charge in [0.2, 0.25) is 0 Å². The highest BCUT2D eigenvalue weighted by Gasteiger charge is 2.06. The van der Waals surface area contributed by atoms with Crippen molar-refractivity contribution in [3.05, 3.63) is 54.4 Å². The van der Waals surface area contributed by atoms with Crippen molar-refractivity contribution in [2.75, 3.05) is 32.1 Å². The second-order valence-corrected chi connectivity index (χ2v) is 4.59. The van der Waals surface area contributed by atoms with Crippen LogP contribution < -0.4 is 15.0 Å². The van der Waals surface area contributed by atoms with Gasteiger partial charge in [0.05, 0.1) is 18.5 Å². The Balaban J connectivity index is 1.79. The molecule has 0 aliphatic carbocycles. The van der Waals surface area contributed by atoms with Crippen LogP contribution >= 0.6 is 0 Å². The van der Waals surface area contributed by atoms with Gasteiger partial charge in [-0.05, 0) is 24.3 Å². The Labute approximate surface area is 120 Å². The molecule has 0 radical (unpaired) electrons. The molecule has 0 unspecified atom stereocenters. The zero-order valence-electron chi connectivity index (χ0n) is 12.0. The molecule has 1 N–H and O–H groups in total. The second-order valence-electron chi connectivity index (χ2n) is 4.59. The van der Waals surface area contributed by atoms with Gasteiger partial charge in [0.1, 0.15) is 5.75 Å². The summed E-state index contributed by atoms with van der Waals surface area (Å²) >= 11 is 0. The van der Waals surface area contributed by atoms with Gasteiger partial charge in [0.15, 0.2) is 0 Å². The topological polar surface area (TPSA) is 37.4 Å². The number of pyridine rings is 1. The summed E-state index contributed by atoms with van der Waals surface area (Å²) in [5.74, 6) is 0.903. The van der Waals surface area contributed by atoms with Crippen molar-refractivity contribution in [1.82, 2.24) is 10.3 Å². The fraction of sp³-hybridized carbons (Fsp3) is 0.312. The summed E-state index contributed by atoms with van der Waals surface area (Å²) in [5, 5.41) is 3.39. The number of aromatic nitrogens is 1. The van der Waals surface area contributed by atoms with Gasteiger partial charge in [-0.2, -0.15) is 0 Å². The minimum atomic E-state index is 0.792. The molecule has 0 aliphatic rings. The van der Waals surface area contributed by atoms with Crippen LogP contribution in [0.15, 0.2) is 48.7 Å². The standard InChI is InChI=1S/C16H21N3O/c1-19(15-8-3-4-9-16(15)20-2)12-11-17-13-14-7-5-6-10-18-14/h3-10,17H,11-13H2,1-2H3. The summed E-state index contributed by atoms with van der Waals surface area (Å²) in [6.07, 6.45) is 1.82. The number of anilines is 1. The molecule has 2 rings (SSSR count). The van der Waals surface area contributed by atoms with Gasteiger partial charge in [-0.15, -0.1) is 0 Å². The largest absolute Gasteiger partial charge is 0.495 e. The van der Waals surface area contributed by atoms with Gasteiger partial charge in [-0.3, -0.25) is 4.98 Å².